The van der Waals surface area contributed by atoms with Crippen LogP contribution in [0.1, 0.15) is 22.3 Å². The summed E-state index contributed by atoms with van der Waals surface area (Å²) >= 11 is 11.8. The zero-order valence-corrected chi connectivity index (χ0v) is 18.2. The van der Waals surface area contributed by atoms with Gasteiger partial charge < -0.3 is 20.1 Å². The average Bonchev–Trinajstić information content (AvgIpc) is 2.64. The van der Waals surface area contributed by atoms with Gasteiger partial charge >= 0.3 is 12.2 Å². The number of nitrogens with one attached hydrogen (secondary N) is 2. The van der Waals surface area contributed by atoms with Crippen molar-refractivity contribution in [2.24, 2.45) is 0 Å². The predicted octanol–water partition coefficient (Wildman–Crippen LogP) is 5.35. The minimum absolute atomic E-state index is 0.383. The Morgan fingerprint density at radius 1 is 0.679 bits per heavy atom. The number of carbonyl (C=O) groups excluding carboxylic acids is 2. The highest BCUT2D eigenvalue weighted by atomic mass is 35.5. The van der Waals surface area contributed by atoms with E-state index in [9.17, 15) is 9.59 Å². The van der Waals surface area contributed by atoms with Gasteiger partial charge in [0.1, 0.15) is 0 Å². The molecule has 8 heteroatoms. The molecule has 0 fully saturated rings. The Bertz CT molecular complexity index is 798. The van der Waals surface area contributed by atoms with E-state index in [0.29, 0.717) is 21.5 Å². The van der Waals surface area contributed by atoms with Gasteiger partial charge in [-0.15, -0.1) is 0 Å². The minimum Gasteiger partial charge on any atom is -0.409 e. The van der Waals surface area contributed by atoms with Crippen LogP contribution in [0, 0.1) is 27.7 Å². The van der Waals surface area contributed by atoms with Crippen LogP contribution in [0.15, 0.2) is 24.3 Å². The summed E-state index contributed by atoms with van der Waals surface area (Å²) in [6.45, 7) is 7.76. The number of aryl methyl sites for hydroxylation is 4. The first-order valence-corrected chi connectivity index (χ1v) is 9.17. The van der Waals surface area contributed by atoms with Crippen molar-refractivity contribution in [3.63, 3.8) is 0 Å². The zero-order valence-electron chi connectivity index (χ0n) is 16.7. The number of ether oxygens (including phenoxy) is 2. The summed E-state index contributed by atoms with van der Waals surface area (Å²) in [4.78, 5) is 21.9. The molecule has 2 N–H and O–H groups in total. The third kappa shape index (κ3) is 6.94. The molecule has 0 atom stereocenters. The second kappa shape index (κ2) is 10.8. The molecule has 2 aromatic carbocycles. The number of carbonyl (C=O) groups is 2. The van der Waals surface area contributed by atoms with E-state index in [2.05, 4.69) is 10.6 Å². The normalized spacial score (nSPS) is 9.71. The third-order valence-corrected chi connectivity index (χ3v) is 4.50. The molecule has 2 rings (SSSR count). The van der Waals surface area contributed by atoms with E-state index < -0.39 is 12.2 Å². The predicted molar refractivity (Wildman–Crippen MR) is 112 cm³/mol. The minimum atomic E-state index is -0.518. The summed E-state index contributed by atoms with van der Waals surface area (Å²) in [6, 6.07) is 7.03. The quantitative estimate of drug-likeness (QED) is 0.678. The zero-order chi connectivity index (χ0) is 21.4. The van der Waals surface area contributed by atoms with Gasteiger partial charge in [0.05, 0.1) is 10.0 Å². The highest BCUT2D eigenvalue weighted by Gasteiger charge is 2.09. The van der Waals surface area contributed by atoms with Crippen LogP contribution in [-0.2, 0) is 0 Å². The van der Waals surface area contributed by atoms with Crippen LogP contribution in [0.25, 0.3) is 0 Å². The first kappa shape index (κ1) is 23.6. The van der Waals surface area contributed by atoms with Crippen molar-refractivity contribution >= 4 is 35.4 Å². The Hall–Kier alpha value is -2.44. The van der Waals surface area contributed by atoms with Crippen LogP contribution in [0.2, 0.25) is 10.0 Å². The molecule has 0 radical (unpaired) electrons. The first-order chi connectivity index (χ1) is 13.1. The Morgan fingerprint density at radius 3 is 1.25 bits per heavy atom. The standard InChI is InChI=1S/2C10H12ClNO2/c2*1-6-4-8(11)9(5-7(6)2)14-10(13)12-3/h2*4-5H,1-3H3,(H,12,13). The topological polar surface area (TPSA) is 76.7 Å². The van der Waals surface area contributed by atoms with Crippen LogP contribution in [0.4, 0.5) is 9.59 Å². The molecule has 2 amide bonds. The number of rotatable bonds is 2. The van der Waals surface area contributed by atoms with Gasteiger partial charge in [0, 0.05) is 14.1 Å². The number of hydrogen-bond acceptors (Lipinski definition) is 4. The monoisotopic (exact) mass is 426 g/mol. The van der Waals surface area contributed by atoms with E-state index in [0.717, 1.165) is 22.3 Å². The van der Waals surface area contributed by atoms with Gasteiger partial charge in [-0.3, -0.25) is 0 Å². The molecule has 0 aliphatic rings. The highest BCUT2D eigenvalue weighted by Crippen LogP contribution is 2.28. The molecule has 0 saturated heterocycles. The summed E-state index contributed by atoms with van der Waals surface area (Å²) in [5.41, 5.74) is 4.21. The third-order valence-electron chi connectivity index (χ3n) is 3.91. The number of hydrogen-bond donors (Lipinski definition) is 2. The largest absolute Gasteiger partial charge is 0.412 e. The van der Waals surface area contributed by atoms with Gasteiger partial charge in [-0.05, 0) is 74.2 Å². The molecule has 28 heavy (non-hydrogen) atoms. The maximum absolute atomic E-state index is 10.9. The SMILES string of the molecule is CNC(=O)Oc1cc(C)c(C)cc1Cl.CNC(=O)Oc1cc(C)c(C)cc1Cl. The van der Waals surface area contributed by atoms with Crippen LogP contribution in [0.5, 0.6) is 11.5 Å². The fraction of sp³-hybridized carbons (Fsp3) is 0.300. The van der Waals surface area contributed by atoms with E-state index in [4.69, 9.17) is 32.7 Å². The summed E-state index contributed by atoms with van der Waals surface area (Å²) in [5.74, 6) is 0.767. The van der Waals surface area contributed by atoms with Crippen LogP contribution in [0.3, 0.4) is 0 Å². The van der Waals surface area contributed by atoms with Crippen LogP contribution < -0.4 is 20.1 Å². The van der Waals surface area contributed by atoms with E-state index in [1.54, 1.807) is 24.3 Å². The molecule has 0 heterocycles. The van der Waals surface area contributed by atoms with E-state index >= 15 is 0 Å². The van der Waals surface area contributed by atoms with E-state index in [1.165, 1.54) is 14.1 Å². The Balaban J connectivity index is 0.000000280. The molecule has 0 saturated carbocycles. The molecule has 152 valence electrons. The lowest BCUT2D eigenvalue weighted by Gasteiger charge is -2.08. The van der Waals surface area contributed by atoms with Gasteiger partial charge in [0.25, 0.3) is 0 Å². The van der Waals surface area contributed by atoms with E-state index in [-0.39, 0.29) is 0 Å². The van der Waals surface area contributed by atoms with Crippen molar-refractivity contribution in [2.75, 3.05) is 14.1 Å². The second-order valence-corrected chi connectivity index (χ2v) is 6.83. The maximum Gasteiger partial charge on any atom is 0.412 e. The number of benzene rings is 2. The highest BCUT2D eigenvalue weighted by molar-refractivity contribution is 6.32. The van der Waals surface area contributed by atoms with Crippen molar-refractivity contribution in [3.8, 4) is 11.5 Å². The Kier molecular flexibility index (Phi) is 9.09. The summed E-state index contributed by atoms with van der Waals surface area (Å²) in [7, 11) is 2.99. The molecule has 0 aliphatic carbocycles. The van der Waals surface area contributed by atoms with Gasteiger partial charge in [0.15, 0.2) is 11.5 Å². The summed E-state index contributed by atoms with van der Waals surface area (Å²) in [5, 5.41) is 5.59. The van der Waals surface area contributed by atoms with Crippen molar-refractivity contribution in [1.82, 2.24) is 10.6 Å². The van der Waals surface area contributed by atoms with Crippen LogP contribution in [-0.4, -0.2) is 26.3 Å². The molecule has 6 nitrogen and oxygen atoms in total. The fourth-order valence-electron chi connectivity index (χ4n) is 1.97. The smallest absolute Gasteiger partial charge is 0.409 e. The summed E-state index contributed by atoms with van der Waals surface area (Å²) in [6.07, 6.45) is -1.04. The van der Waals surface area contributed by atoms with Crippen LogP contribution >= 0.6 is 23.2 Å². The number of amides is 2. The maximum atomic E-state index is 10.9. The summed E-state index contributed by atoms with van der Waals surface area (Å²) < 4.78 is 9.90. The average molecular weight is 427 g/mol. The van der Waals surface area contributed by atoms with Gasteiger partial charge in [-0.25, -0.2) is 9.59 Å². The molecular formula is C20H24Cl2N2O4. The second-order valence-electron chi connectivity index (χ2n) is 6.01. The molecule has 0 spiro atoms. The number of halogens is 2. The molecule has 0 bridgehead atoms. The lowest BCUT2D eigenvalue weighted by molar-refractivity contribution is 0.202. The van der Waals surface area contributed by atoms with Crippen molar-refractivity contribution in [3.05, 3.63) is 56.6 Å². The van der Waals surface area contributed by atoms with Crippen molar-refractivity contribution in [1.29, 1.82) is 0 Å². The molecule has 0 aliphatic heterocycles. The molecular weight excluding hydrogens is 403 g/mol. The molecule has 0 unspecified atom stereocenters. The van der Waals surface area contributed by atoms with Gasteiger partial charge in [0.2, 0.25) is 0 Å². The van der Waals surface area contributed by atoms with Gasteiger partial charge in [-0.1, -0.05) is 23.2 Å². The van der Waals surface area contributed by atoms with E-state index in [1.807, 2.05) is 27.7 Å². The lowest BCUT2D eigenvalue weighted by atomic mass is 10.1. The molecule has 0 aromatic heterocycles. The Morgan fingerprint density at radius 2 is 0.964 bits per heavy atom. The van der Waals surface area contributed by atoms with Crippen molar-refractivity contribution in [2.45, 2.75) is 27.7 Å². The van der Waals surface area contributed by atoms with Gasteiger partial charge in [-0.2, -0.15) is 0 Å². The fourth-order valence-corrected chi connectivity index (χ4v) is 2.48. The lowest BCUT2D eigenvalue weighted by Crippen LogP contribution is -2.22. The first-order valence-electron chi connectivity index (χ1n) is 8.41. The van der Waals surface area contributed by atoms with Crippen molar-refractivity contribution < 1.29 is 19.1 Å². The Labute approximate surface area is 175 Å². The molecule has 2 aromatic rings.